The van der Waals surface area contributed by atoms with Gasteiger partial charge in [0.2, 0.25) is 5.78 Å². The number of nitrogens with zero attached hydrogens (tertiary/aromatic N) is 1. The monoisotopic (exact) mass is 223 g/mol. The Bertz CT molecular complexity index is 659. The first-order chi connectivity index (χ1) is 8.18. The number of rotatable bonds is 0. The Kier molecular flexibility index (Phi) is 1.95. The van der Waals surface area contributed by atoms with Gasteiger partial charge in [-0.15, -0.1) is 0 Å². The van der Waals surface area contributed by atoms with Gasteiger partial charge in [0.25, 0.3) is 0 Å². The highest BCUT2D eigenvalue weighted by Gasteiger charge is 2.30. The third-order valence-corrected chi connectivity index (χ3v) is 2.90. The lowest BCUT2D eigenvalue weighted by Crippen LogP contribution is -2.22. The van der Waals surface area contributed by atoms with Gasteiger partial charge in [0.1, 0.15) is 5.69 Å². The molecule has 17 heavy (non-hydrogen) atoms. The minimum Gasteiger partial charge on any atom is -0.288 e. The molecule has 0 saturated heterocycles. The number of carbonyl (C=O) groups excluding carboxylic acids is 2. The van der Waals surface area contributed by atoms with Gasteiger partial charge in [0.15, 0.2) is 5.78 Å². The highest BCUT2D eigenvalue weighted by atomic mass is 16.1. The van der Waals surface area contributed by atoms with Crippen LogP contribution in [0.15, 0.2) is 36.5 Å². The fourth-order valence-electron chi connectivity index (χ4n) is 2.07. The van der Waals surface area contributed by atoms with Gasteiger partial charge in [-0.1, -0.05) is 24.3 Å². The molecule has 2 aromatic rings. The molecule has 0 bridgehead atoms. The molecule has 1 aliphatic carbocycles. The second-order valence-corrected chi connectivity index (χ2v) is 4.11. The van der Waals surface area contributed by atoms with E-state index in [1.165, 1.54) is 0 Å². The first-order valence-electron chi connectivity index (χ1n) is 5.33. The minimum atomic E-state index is -0.171. The van der Waals surface area contributed by atoms with Crippen molar-refractivity contribution in [3.63, 3.8) is 0 Å². The van der Waals surface area contributed by atoms with Crippen LogP contribution in [-0.4, -0.2) is 16.6 Å². The Morgan fingerprint density at radius 1 is 0.941 bits per heavy atom. The van der Waals surface area contributed by atoms with Crippen LogP contribution in [-0.2, 0) is 0 Å². The standard InChI is InChI=1S/C14H9NO2/c1-8-6-11-12(15-7-8)14(17)10-5-3-2-4-9(10)13(11)16/h2-7H,1H3. The summed E-state index contributed by atoms with van der Waals surface area (Å²) in [5, 5.41) is 0. The number of hydrogen-bond donors (Lipinski definition) is 0. The zero-order valence-corrected chi connectivity index (χ0v) is 9.23. The van der Waals surface area contributed by atoms with E-state index in [4.69, 9.17) is 0 Å². The van der Waals surface area contributed by atoms with Crippen LogP contribution >= 0.6 is 0 Å². The van der Waals surface area contributed by atoms with Crippen LogP contribution in [0, 0.1) is 6.92 Å². The molecule has 1 aromatic heterocycles. The summed E-state index contributed by atoms with van der Waals surface area (Å²) in [5.74, 6) is -0.290. The highest BCUT2D eigenvalue weighted by Crippen LogP contribution is 2.25. The summed E-state index contributed by atoms with van der Waals surface area (Å²) in [6.45, 7) is 1.85. The summed E-state index contributed by atoms with van der Waals surface area (Å²) in [6, 6.07) is 8.58. The van der Waals surface area contributed by atoms with E-state index in [1.54, 1.807) is 36.5 Å². The van der Waals surface area contributed by atoms with Crippen molar-refractivity contribution in [1.29, 1.82) is 0 Å². The molecule has 1 aliphatic rings. The van der Waals surface area contributed by atoms with Gasteiger partial charge < -0.3 is 0 Å². The molecule has 3 rings (SSSR count). The van der Waals surface area contributed by atoms with Crippen LogP contribution in [0.3, 0.4) is 0 Å². The summed E-state index contributed by atoms with van der Waals surface area (Å²) in [5.41, 5.74) is 2.47. The first kappa shape index (κ1) is 9.90. The van der Waals surface area contributed by atoms with Crippen LogP contribution in [0.5, 0.6) is 0 Å². The van der Waals surface area contributed by atoms with E-state index in [0.29, 0.717) is 16.7 Å². The lowest BCUT2D eigenvalue weighted by Gasteiger charge is -2.16. The van der Waals surface area contributed by atoms with E-state index >= 15 is 0 Å². The Morgan fingerprint density at radius 3 is 2.29 bits per heavy atom. The van der Waals surface area contributed by atoms with Crippen LogP contribution in [0.2, 0.25) is 0 Å². The van der Waals surface area contributed by atoms with Gasteiger partial charge in [-0.2, -0.15) is 0 Å². The maximum Gasteiger partial charge on any atom is 0.212 e. The number of fused-ring (bicyclic) bond motifs is 2. The molecule has 0 radical (unpaired) electrons. The number of pyridine rings is 1. The van der Waals surface area contributed by atoms with Crippen molar-refractivity contribution in [2.45, 2.75) is 6.92 Å². The zero-order chi connectivity index (χ0) is 12.0. The molecule has 82 valence electrons. The smallest absolute Gasteiger partial charge is 0.212 e. The zero-order valence-electron chi connectivity index (χ0n) is 9.23. The van der Waals surface area contributed by atoms with Crippen LogP contribution in [0.1, 0.15) is 37.5 Å². The average molecular weight is 223 g/mol. The number of aryl methyl sites for hydroxylation is 1. The van der Waals surface area contributed by atoms with Crippen molar-refractivity contribution in [3.05, 3.63) is 64.5 Å². The number of benzene rings is 1. The van der Waals surface area contributed by atoms with E-state index < -0.39 is 0 Å². The molecule has 0 aliphatic heterocycles. The topological polar surface area (TPSA) is 47.0 Å². The number of ketones is 2. The van der Waals surface area contributed by atoms with Crippen molar-refractivity contribution >= 4 is 11.6 Å². The molecule has 0 saturated carbocycles. The predicted molar refractivity (Wildman–Crippen MR) is 62.3 cm³/mol. The molecular weight excluding hydrogens is 214 g/mol. The normalized spacial score (nSPS) is 13.2. The Morgan fingerprint density at radius 2 is 1.59 bits per heavy atom. The summed E-state index contributed by atoms with van der Waals surface area (Å²) in [4.78, 5) is 28.4. The van der Waals surface area contributed by atoms with Crippen LogP contribution < -0.4 is 0 Å². The molecule has 3 nitrogen and oxygen atoms in total. The fourth-order valence-corrected chi connectivity index (χ4v) is 2.07. The number of carbonyl (C=O) groups is 2. The van der Waals surface area contributed by atoms with Gasteiger partial charge in [-0.3, -0.25) is 14.6 Å². The Labute approximate surface area is 98.1 Å². The maximum absolute atomic E-state index is 12.2. The Balaban J connectivity index is 2.33. The molecular formula is C14H9NO2. The van der Waals surface area contributed by atoms with Crippen molar-refractivity contribution in [2.24, 2.45) is 0 Å². The number of aromatic nitrogens is 1. The van der Waals surface area contributed by atoms with Gasteiger partial charge in [-0.25, -0.2) is 0 Å². The van der Waals surface area contributed by atoms with Crippen LogP contribution in [0.25, 0.3) is 0 Å². The summed E-state index contributed by atoms with van der Waals surface area (Å²) < 4.78 is 0. The van der Waals surface area contributed by atoms with Crippen molar-refractivity contribution < 1.29 is 9.59 Å². The van der Waals surface area contributed by atoms with E-state index in [-0.39, 0.29) is 17.3 Å². The van der Waals surface area contributed by atoms with E-state index in [9.17, 15) is 9.59 Å². The molecule has 0 atom stereocenters. The molecule has 1 aromatic carbocycles. The van der Waals surface area contributed by atoms with Gasteiger partial charge >= 0.3 is 0 Å². The molecule has 0 fully saturated rings. The third-order valence-electron chi connectivity index (χ3n) is 2.90. The van der Waals surface area contributed by atoms with Crippen LogP contribution in [0.4, 0.5) is 0 Å². The second-order valence-electron chi connectivity index (χ2n) is 4.11. The van der Waals surface area contributed by atoms with Crippen molar-refractivity contribution in [1.82, 2.24) is 4.98 Å². The SMILES string of the molecule is Cc1cnc2c(c1)C(=O)c1ccccc1C2=O. The third kappa shape index (κ3) is 1.32. The maximum atomic E-state index is 12.2. The molecule has 0 N–H and O–H groups in total. The molecule has 0 amide bonds. The fraction of sp³-hybridized carbons (Fsp3) is 0.0714. The first-order valence-corrected chi connectivity index (χ1v) is 5.33. The largest absolute Gasteiger partial charge is 0.288 e. The summed E-state index contributed by atoms with van der Waals surface area (Å²) in [7, 11) is 0. The van der Waals surface area contributed by atoms with E-state index in [2.05, 4.69) is 4.98 Å². The summed E-state index contributed by atoms with van der Waals surface area (Å²) in [6.07, 6.45) is 1.61. The second kappa shape index (κ2) is 3.35. The van der Waals surface area contributed by atoms with Gasteiger partial charge in [0.05, 0.1) is 5.56 Å². The van der Waals surface area contributed by atoms with E-state index in [1.807, 2.05) is 6.92 Å². The van der Waals surface area contributed by atoms with Gasteiger partial charge in [0, 0.05) is 17.3 Å². The number of hydrogen-bond acceptors (Lipinski definition) is 3. The molecule has 0 unspecified atom stereocenters. The lowest BCUT2D eigenvalue weighted by molar-refractivity contribution is 0.0975. The molecule has 3 heteroatoms. The van der Waals surface area contributed by atoms with Gasteiger partial charge in [-0.05, 0) is 18.6 Å². The Hall–Kier alpha value is -2.29. The van der Waals surface area contributed by atoms with Crippen molar-refractivity contribution in [2.75, 3.05) is 0 Å². The molecule has 0 spiro atoms. The summed E-state index contributed by atoms with van der Waals surface area (Å²) >= 11 is 0. The quantitative estimate of drug-likeness (QED) is 0.586. The minimum absolute atomic E-state index is 0.119. The highest BCUT2D eigenvalue weighted by molar-refractivity contribution is 6.27. The van der Waals surface area contributed by atoms with E-state index in [0.717, 1.165) is 5.56 Å². The lowest BCUT2D eigenvalue weighted by atomic mass is 9.87. The predicted octanol–water partition coefficient (Wildman–Crippen LogP) is 2.17. The van der Waals surface area contributed by atoms with Crippen molar-refractivity contribution in [3.8, 4) is 0 Å². The average Bonchev–Trinajstić information content (AvgIpc) is 2.36. The molecule has 1 heterocycles.